The van der Waals surface area contributed by atoms with Gasteiger partial charge in [0, 0.05) is 4.43 Å². The Morgan fingerprint density at radius 3 is 2.64 bits per heavy atom. The van der Waals surface area contributed by atoms with Gasteiger partial charge in [-0.25, -0.2) is 4.79 Å². The van der Waals surface area contributed by atoms with Crippen molar-refractivity contribution < 1.29 is 19.8 Å². The summed E-state index contributed by atoms with van der Waals surface area (Å²) in [5.74, 6) is -1.27. The molecular weight excluding hydrogens is 265 g/mol. The molecule has 0 aliphatic rings. The Bertz CT molecular complexity index is 170. The van der Waals surface area contributed by atoms with Crippen LogP contribution in [0.4, 0.5) is 0 Å². The van der Waals surface area contributed by atoms with Crippen molar-refractivity contribution in [1.82, 2.24) is 0 Å². The predicted octanol–water partition coefficient (Wildman–Crippen LogP) is -0.131. The van der Waals surface area contributed by atoms with E-state index in [4.69, 9.17) is 10.2 Å². The van der Waals surface area contributed by atoms with Gasteiger partial charge >= 0.3 is 5.97 Å². The van der Waals surface area contributed by atoms with E-state index in [9.17, 15) is 4.79 Å². The van der Waals surface area contributed by atoms with Crippen molar-refractivity contribution in [3.05, 3.63) is 0 Å². The number of rotatable bonds is 4. The van der Waals surface area contributed by atoms with Gasteiger partial charge in [-0.1, -0.05) is 27.7 Å². The molecule has 6 heteroatoms. The number of aliphatic hydroxyl groups is 1. The van der Waals surface area contributed by atoms with Crippen LogP contribution in [0.2, 0.25) is 0 Å². The minimum absolute atomic E-state index is 0.270. The van der Waals surface area contributed by atoms with Crippen molar-refractivity contribution in [3.8, 4) is 0 Å². The van der Waals surface area contributed by atoms with E-state index in [0.717, 1.165) is 0 Å². The Labute approximate surface area is 77.2 Å². The molecule has 64 valence electrons. The van der Waals surface area contributed by atoms with Gasteiger partial charge in [0.15, 0.2) is 5.71 Å². The van der Waals surface area contributed by atoms with E-state index in [-0.39, 0.29) is 10.1 Å². The number of carboxylic acid groups (broad SMARTS) is 1. The lowest BCUT2D eigenvalue weighted by atomic mass is 10.2. The highest BCUT2D eigenvalue weighted by atomic mass is 127. The van der Waals surface area contributed by atoms with Crippen LogP contribution in [0.5, 0.6) is 0 Å². The number of carboxylic acids is 1. The molecule has 0 bridgehead atoms. The number of aliphatic hydroxyl groups excluding tert-OH is 1. The maximum atomic E-state index is 10.3. The van der Waals surface area contributed by atoms with E-state index in [1.54, 1.807) is 0 Å². The first-order valence-corrected chi connectivity index (χ1v) is 4.24. The van der Waals surface area contributed by atoms with E-state index in [2.05, 4.69) is 9.99 Å². The van der Waals surface area contributed by atoms with Gasteiger partial charge in [0.25, 0.3) is 0 Å². The van der Waals surface area contributed by atoms with Crippen LogP contribution in [0, 0.1) is 0 Å². The van der Waals surface area contributed by atoms with Gasteiger partial charge in [-0.15, -0.1) is 0 Å². The summed E-state index contributed by atoms with van der Waals surface area (Å²) < 4.78 is 0.270. The molecule has 0 aromatic rings. The summed E-state index contributed by atoms with van der Waals surface area (Å²) in [6.45, 7) is 0. The van der Waals surface area contributed by atoms with Crippen LogP contribution in [0.15, 0.2) is 5.16 Å². The number of alkyl halides is 1. The molecule has 0 aliphatic heterocycles. The SMILES string of the molecule is CON=C(C(=O)O)C(O)CI. The van der Waals surface area contributed by atoms with Crippen molar-refractivity contribution in [3.63, 3.8) is 0 Å². The van der Waals surface area contributed by atoms with Crippen molar-refractivity contribution >= 4 is 34.3 Å². The van der Waals surface area contributed by atoms with Crippen LogP contribution < -0.4 is 0 Å². The van der Waals surface area contributed by atoms with Gasteiger partial charge in [0.05, 0.1) is 0 Å². The quantitative estimate of drug-likeness (QED) is 0.323. The average Bonchev–Trinajstić information content (AvgIpc) is 1.98. The maximum absolute atomic E-state index is 10.3. The molecular formula is C5H8INO4. The van der Waals surface area contributed by atoms with Gasteiger partial charge in [0.1, 0.15) is 13.2 Å². The fourth-order valence-electron chi connectivity index (χ4n) is 0.414. The Kier molecular flexibility index (Phi) is 5.12. The summed E-state index contributed by atoms with van der Waals surface area (Å²) in [5, 5.41) is 20.6. The maximum Gasteiger partial charge on any atom is 0.356 e. The number of halogens is 1. The highest BCUT2D eigenvalue weighted by Crippen LogP contribution is 1.95. The second-order valence-electron chi connectivity index (χ2n) is 1.63. The third-order valence-electron chi connectivity index (χ3n) is 0.871. The summed E-state index contributed by atoms with van der Waals surface area (Å²) in [4.78, 5) is 14.5. The summed E-state index contributed by atoms with van der Waals surface area (Å²) in [6.07, 6.45) is -1.08. The van der Waals surface area contributed by atoms with E-state index in [1.807, 2.05) is 22.6 Å². The van der Waals surface area contributed by atoms with Crippen LogP contribution in [-0.2, 0) is 9.63 Å². The monoisotopic (exact) mass is 273 g/mol. The molecule has 0 aromatic heterocycles. The molecule has 1 unspecified atom stereocenters. The summed E-state index contributed by atoms with van der Waals surface area (Å²) >= 11 is 1.85. The van der Waals surface area contributed by atoms with E-state index < -0.39 is 12.1 Å². The van der Waals surface area contributed by atoms with Gasteiger partial charge in [-0.2, -0.15) is 0 Å². The zero-order valence-electron chi connectivity index (χ0n) is 5.82. The topological polar surface area (TPSA) is 79.1 Å². The second-order valence-corrected chi connectivity index (χ2v) is 2.52. The minimum atomic E-state index is -1.27. The Balaban J connectivity index is 4.34. The average molecular weight is 273 g/mol. The Hall–Kier alpha value is -0.370. The first-order valence-electron chi connectivity index (χ1n) is 2.71. The lowest BCUT2D eigenvalue weighted by molar-refractivity contribution is -0.130. The fraction of sp³-hybridized carbons (Fsp3) is 0.600. The number of hydrogen-bond donors (Lipinski definition) is 2. The number of aliphatic carboxylic acids is 1. The first-order chi connectivity index (χ1) is 5.13. The van der Waals surface area contributed by atoms with Gasteiger partial charge in [-0.05, 0) is 0 Å². The summed E-state index contributed by atoms with van der Waals surface area (Å²) in [7, 11) is 1.23. The second kappa shape index (κ2) is 5.30. The highest BCUT2D eigenvalue weighted by Gasteiger charge is 2.19. The first kappa shape index (κ1) is 10.6. The molecule has 0 spiro atoms. The molecule has 0 heterocycles. The van der Waals surface area contributed by atoms with Crippen LogP contribution in [0.3, 0.4) is 0 Å². The molecule has 0 amide bonds. The molecule has 0 aliphatic carbocycles. The van der Waals surface area contributed by atoms with Crippen molar-refractivity contribution in [1.29, 1.82) is 0 Å². The minimum Gasteiger partial charge on any atom is -0.477 e. The highest BCUT2D eigenvalue weighted by molar-refractivity contribution is 14.1. The van der Waals surface area contributed by atoms with Gasteiger partial charge in [-0.3, -0.25) is 0 Å². The van der Waals surface area contributed by atoms with Crippen LogP contribution in [0.1, 0.15) is 0 Å². The summed E-state index contributed by atoms with van der Waals surface area (Å²) in [6, 6.07) is 0. The molecule has 0 aromatic carbocycles. The predicted molar refractivity (Wildman–Crippen MR) is 47.0 cm³/mol. The standard InChI is InChI=1S/C5H8INO4/c1-11-7-4(5(9)10)3(8)2-6/h3,8H,2H2,1H3,(H,9,10). The molecule has 0 rings (SSSR count). The van der Waals surface area contributed by atoms with Crippen LogP contribution >= 0.6 is 22.6 Å². The van der Waals surface area contributed by atoms with Gasteiger partial charge < -0.3 is 15.1 Å². The molecule has 11 heavy (non-hydrogen) atoms. The smallest absolute Gasteiger partial charge is 0.356 e. The molecule has 0 fully saturated rings. The fourth-order valence-corrected chi connectivity index (χ4v) is 0.831. The van der Waals surface area contributed by atoms with Crippen molar-refractivity contribution in [2.75, 3.05) is 11.5 Å². The van der Waals surface area contributed by atoms with E-state index in [1.165, 1.54) is 7.11 Å². The molecule has 0 saturated heterocycles. The molecule has 0 radical (unpaired) electrons. The lowest BCUT2D eigenvalue weighted by Crippen LogP contribution is -2.29. The molecule has 2 N–H and O–H groups in total. The number of carbonyl (C=O) groups is 1. The number of nitrogens with zero attached hydrogens (tertiary/aromatic N) is 1. The number of hydrogen-bond acceptors (Lipinski definition) is 4. The Morgan fingerprint density at radius 1 is 1.82 bits per heavy atom. The summed E-state index contributed by atoms with van der Waals surface area (Å²) in [5.41, 5.74) is -0.373. The lowest BCUT2D eigenvalue weighted by Gasteiger charge is -2.04. The van der Waals surface area contributed by atoms with Gasteiger partial charge in [0.2, 0.25) is 0 Å². The zero-order chi connectivity index (χ0) is 8.85. The van der Waals surface area contributed by atoms with E-state index >= 15 is 0 Å². The third kappa shape index (κ3) is 3.51. The molecule has 0 saturated carbocycles. The van der Waals surface area contributed by atoms with Crippen LogP contribution in [-0.4, -0.2) is 39.5 Å². The van der Waals surface area contributed by atoms with Crippen molar-refractivity contribution in [2.24, 2.45) is 5.16 Å². The van der Waals surface area contributed by atoms with Crippen LogP contribution in [0.25, 0.3) is 0 Å². The normalized spacial score (nSPS) is 14.3. The molecule has 5 nitrogen and oxygen atoms in total. The van der Waals surface area contributed by atoms with E-state index in [0.29, 0.717) is 0 Å². The third-order valence-corrected chi connectivity index (χ3v) is 1.70. The number of oxime groups is 1. The Morgan fingerprint density at radius 2 is 2.36 bits per heavy atom. The van der Waals surface area contributed by atoms with Crippen molar-refractivity contribution in [2.45, 2.75) is 6.10 Å². The largest absolute Gasteiger partial charge is 0.477 e. The zero-order valence-corrected chi connectivity index (χ0v) is 7.98. The molecule has 1 atom stereocenters.